The number of hydrogen-bond acceptors (Lipinski definition) is 5. The van der Waals surface area contributed by atoms with Crippen LogP contribution < -0.4 is 9.47 Å². The molecule has 1 aromatic carbocycles. The molecule has 6 nitrogen and oxygen atoms in total. The highest BCUT2D eigenvalue weighted by molar-refractivity contribution is 5.54. The van der Waals surface area contributed by atoms with Crippen LogP contribution in [0.4, 0.5) is 0 Å². The summed E-state index contributed by atoms with van der Waals surface area (Å²) >= 11 is 0. The smallest absolute Gasteiger partial charge is 0.258 e. The number of nitro groups is 1. The predicted molar refractivity (Wildman–Crippen MR) is 73.0 cm³/mol. The Morgan fingerprint density at radius 3 is 2.62 bits per heavy atom. The third kappa shape index (κ3) is 1.51. The molecule has 1 N–H and O–H groups in total. The summed E-state index contributed by atoms with van der Waals surface area (Å²) in [5.74, 6) is 1.19. The second-order valence-corrected chi connectivity index (χ2v) is 6.25. The van der Waals surface area contributed by atoms with E-state index in [2.05, 4.69) is 0 Å². The first-order valence-electron chi connectivity index (χ1n) is 7.37. The lowest BCUT2D eigenvalue weighted by molar-refractivity contribution is -0.596. The summed E-state index contributed by atoms with van der Waals surface area (Å²) in [5, 5.41) is 23.1. The zero-order valence-corrected chi connectivity index (χ0v) is 11.6. The van der Waals surface area contributed by atoms with Crippen molar-refractivity contribution in [1.82, 2.24) is 0 Å². The number of benzene rings is 1. The summed E-state index contributed by atoms with van der Waals surface area (Å²) in [6.45, 7) is 0.164. The molecule has 3 aliphatic rings. The number of aliphatic hydroxyl groups is 1. The maximum atomic E-state index is 11.8. The molecule has 112 valence electrons. The quantitative estimate of drug-likeness (QED) is 0.633. The molecule has 0 aromatic heterocycles. The van der Waals surface area contributed by atoms with Crippen molar-refractivity contribution >= 4 is 0 Å². The summed E-state index contributed by atoms with van der Waals surface area (Å²) in [5.41, 5.74) is -1.23. The first-order chi connectivity index (χ1) is 10.1. The van der Waals surface area contributed by atoms with Crippen LogP contribution in [0, 0.1) is 10.1 Å². The molecule has 0 bridgehead atoms. The van der Waals surface area contributed by atoms with Gasteiger partial charge in [-0.2, -0.15) is 0 Å². The van der Waals surface area contributed by atoms with Gasteiger partial charge in [-0.25, -0.2) is 0 Å². The standard InChI is InChI=1S/C15H17NO5/c17-15-5-3-1-2-4-14(15,16(18)19)8-10-6-12-13(7-11(10)15)21-9-20-12/h6-7,17H,1-5,8-9H2. The van der Waals surface area contributed by atoms with Gasteiger partial charge in [0.15, 0.2) is 17.1 Å². The molecule has 1 fully saturated rings. The Morgan fingerprint density at radius 1 is 1.14 bits per heavy atom. The first kappa shape index (κ1) is 12.9. The molecule has 2 unspecified atom stereocenters. The summed E-state index contributed by atoms with van der Waals surface area (Å²) < 4.78 is 10.7. The van der Waals surface area contributed by atoms with E-state index in [-0.39, 0.29) is 18.1 Å². The van der Waals surface area contributed by atoms with Gasteiger partial charge in [0.2, 0.25) is 6.79 Å². The van der Waals surface area contributed by atoms with Crippen LogP contribution in [0.15, 0.2) is 12.1 Å². The molecule has 4 rings (SSSR count). The van der Waals surface area contributed by atoms with Crippen LogP contribution in [0.1, 0.15) is 43.2 Å². The second kappa shape index (κ2) is 4.10. The molecule has 2 aliphatic carbocycles. The molecule has 21 heavy (non-hydrogen) atoms. The fraction of sp³-hybridized carbons (Fsp3) is 0.600. The third-order valence-electron chi connectivity index (χ3n) is 5.28. The van der Waals surface area contributed by atoms with E-state index in [1.807, 2.05) is 0 Å². The average molecular weight is 291 g/mol. The van der Waals surface area contributed by atoms with Crippen molar-refractivity contribution in [3.63, 3.8) is 0 Å². The van der Waals surface area contributed by atoms with E-state index in [9.17, 15) is 15.2 Å². The van der Waals surface area contributed by atoms with Crippen molar-refractivity contribution in [2.24, 2.45) is 0 Å². The topological polar surface area (TPSA) is 81.8 Å². The minimum absolute atomic E-state index is 0.164. The Morgan fingerprint density at radius 2 is 1.86 bits per heavy atom. The summed E-state index contributed by atoms with van der Waals surface area (Å²) in [7, 11) is 0. The van der Waals surface area contributed by atoms with Crippen molar-refractivity contribution in [2.75, 3.05) is 6.79 Å². The van der Waals surface area contributed by atoms with E-state index in [0.717, 1.165) is 24.8 Å². The van der Waals surface area contributed by atoms with Gasteiger partial charge in [0.1, 0.15) is 0 Å². The molecule has 6 heteroatoms. The molecule has 1 saturated carbocycles. The van der Waals surface area contributed by atoms with E-state index in [1.165, 1.54) is 0 Å². The molecule has 1 aliphatic heterocycles. The summed E-state index contributed by atoms with van der Waals surface area (Å²) in [6, 6.07) is 3.55. The first-order valence-corrected chi connectivity index (χ1v) is 7.37. The van der Waals surface area contributed by atoms with Crippen LogP contribution in [0.2, 0.25) is 0 Å². The van der Waals surface area contributed by atoms with Crippen LogP contribution in [0.3, 0.4) is 0 Å². The SMILES string of the molecule is O=[N+]([O-])C12CCCCCC1(O)c1cc3c(cc1C2)OCO3. The van der Waals surface area contributed by atoms with Crippen molar-refractivity contribution in [3.05, 3.63) is 33.4 Å². The van der Waals surface area contributed by atoms with Gasteiger partial charge in [0.25, 0.3) is 5.54 Å². The van der Waals surface area contributed by atoms with Crippen molar-refractivity contribution in [3.8, 4) is 11.5 Å². The number of ether oxygens (including phenoxy) is 2. The maximum Gasteiger partial charge on any atom is 0.258 e. The van der Waals surface area contributed by atoms with Gasteiger partial charge in [-0.05, 0) is 42.5 Å². The largest absolute Gasteiger partial charge is 0.454 e. The lowest BCUT2D eigenvalue weighted by Crippen LogP contribution is -2.54. The highest BCUT2D eigenvalue weighted by Gasteiger charge is 2.66. The van der Waals surface area contributed by atoms with Crippen LogP contribution >= 0.6 is 0 Å². The highest BCUT2D eigenvalue weighted by Crippen LogP contribution is 2.55. The summed E-state index contributed by atoms with van der Waals surface area (Å²) in [6.07, 6.45) is 3.63. The summed E-state index contributed by atoms with van der Waals surface area (Å²) in [4.78, 5) is 11.6. The molecular formula is C15H17NO5. The van der Waals surface area contributed by atoms with E-state index in [0.29, 0.717) is 29.9 Å². The van der Waals surface area contributed by atoms with Gasteiger partial charge in [-0.1, -0.05) is 6.42 Å². The van der Waals surface area contributed by atoms with E-state index < -0.39 is 11.1 Å². The fourth-order valence-electron chi connectivity index (χ4n) is 4.17. The highest BCUT2D eigenvalue weighted by atomic mass is 16.7. The molecule has 2 atom stereocenters. The Labute approximate surface area is 121 Å². The van der Waals surface area contributed by atoms with E-state index in [1.54, 1.807) is 12.1 Å². The molecule has 1 aromatic rings. The Balaban J connectivity index is 1.91. The molecule has 0 spiro atoms. The minimum Gasteiger partial charge on any atom is -0.454 e. The van der Waals surface area contributed by atoms with Gasteiger partial charge in [-0.15, -0.1) is 0 Å². The maximum absolute atomic E-state index is 11.8. The molecule has 1 heterocycles. The van der Waals surface area contributed by atoms with E-state index in [4.69, 9.17) is 9.47 Å². The zero-order valence-electron chi connectivity index (χ0n) is 11.6. The van der Waals surface area contributed by atoms with Crippen LogP contribution in [0.5, 0.6) is 11.5 Å². The third-order valence-corrected chi connectivity index (χ3v) is 5.28. The van der Waals surface area contributed by atoms with Crippen molar-refractivity contribution in [2.45, 2.75) is 49.7 Å². The number of fused-ring (bicyclic) bond motifs is 4. The normalized spacial score (nSPS) is 33.2. The number of rotatable bonds is 1. The monoisotopic (exact) mass is 291 g/mol. The van der Waals surface area contributed by atoms with Gasteiger partial charge in [-0.3, -0.25) is 10.1 Å². The number of hydrogen-bond donors (Lipinski definition) is 1. The molecule has 0 saturated heterocycles. The average Bonchev–Trinajstić information content (AvgIpc) is 2.94. The lowest BCUT2D eigenvalue weighted by atomic mass is 9.77. The van der Waals surface area contributed by atoms with Gasteiger partial charge in [0, 0.05) is 17.8 Å². The van der Waals surface area contributed by atoms with Crippen molar-refractivity contribution < 1.29 is 19.5 Å². The minimum atomic E-state index is -1.40. The van der Waals surface area contributed by atoms with E-state index >= 15 is 0 Å². The Hall–Kier alpha value is -1.82. The zero-order chi connectivity index (χ0) is 14.7. The molecule has 0 amide bonds. The van der Waals surface area contributed by atoms with Crippen LogP contribution in [0.25, 0.3) is 0 Å². The van der Waals surface area contributed by atoms with Crippen LogP contribution in [-0.2, 0) is 12.0 Å². The van der Waals surface area contributed by atoms with Gasteiger partial charge < -0.3 is 14.6 Å². The second-order valence-electron chi connectivity index (χ2n) is 6.25. The fourth-order valence-corrected chi connectivity index (χ4v) is 4.17. The van der Waals surface area contributed by atoms with Crippen molar-refractivity contribution in [1.29, 1.82) is 0 Å². The van der Waals surface area contributed by atoms with Gasteiger partial charge in [0.05, 0.1) is 0 Å². The lowest BCUT2D eigenvalue weighted by Gasteiger charge is -2.34. The Bertz CT molecular complexity index is 631. The van der Waals surface area contributed by atoms with Crippen LogP contribution in [-0.4, -0.2) is 22.4 Å². The Kier molecular flexibility index (Phi) is 2.52. The number of nitrogens with zero attached hydrogens (tertiary/aromatic N) is 1. The molecular weight excluding hydrogens is 274 g/mol. The predicted octanol–water partition coefficient (Wildman–Crippen LogP) is 2.14. The molecule has 0 radical (unpaired) electrons. The van der Waals surface area contributed by atoms with Gasteiger partial charge >= 0.3 is 0 Å².